The van der Waals surface area contributed by atoms with E-state index < -0.39 is 0 Å². The maximum Gasteiger partial charge on any atom is 0.245 e. The Labute approximate surface area is 160 Å². The highest BCUT2D eigenvalue weighted by Crippen LogP contribution is 2.29. The van der Waals surface area contributed by atoms with E-state index in [0.717, 1.165) is 13.1 Å². The first-order chi connectivity index (χ1) is 13.2. The van der Waals surface area contributed by atoms with Gasteiger partial charge < -0.3 is 10.2 Å². The first-order valence-corrected chi connectivity index (χ1v) is 9.64. The predicted octanol–water partition coefficient (Wildman–Crippen LogP) is 2.20. The average Bonchev–Trinajstić information content (AvgIpc) is 3.16. The van der Waals surface area contributed by atoms with Crippen LogP contribution in [-0.2, 0) is 9.59 Å². The fraction of sp³-hybridized carbons (Fsp3) is 0.364. The summed E-state index contributed by atoms with van der Waals surface area (Å²) in [5.41, 5.74) is 2.54. The van der Waals surface area contributed by atoms with Crippen molar-refractivity contribution in [1.82, 2.24) is 15.1 Å². The Kier molecular flexibility index (Phi) is 5.21. The topological polar surface area (TPSA) is 52.7 Å². The summed E-state index contributed by atoms with van der Waals surface area (Å²) in [5, 5.41) is 2.79. The van der Waals surface area contributed by atoms with Crippen LogP contribution >= 0.6 is 0 Å². The van der Waals surface area contributed by atoms with Crippen LogP contribution in [0.5, 0.6) is 0 Å². The van der Waals surface area contributed by atoms with Crippen molar-refractivity contribution in [2.45, 2.75) is 24.9 Å². The molecule has 5 heteroatoms. The second-order valence-corrected chi connectivity index (χ2v) is 7.24. The number of benzene rings is 2. The molecule has 2 heterocycles. The molecule has 0 bridgehead atoms. The third kappa shape index (κ3) is 3.88. The second-order valence-electron chi connectivity index (χ2n) is 7.24. The van der Waals surface area contributed by atoms with E-state index in [4.69, 9.17) is 0 Å². The van der Waals surface area contributed by atoms with Gasteiger partial charge in [-0.15, -0.1) is 0 Å². The molecule has 5 nitrogen and oxygen atoms in total. The third-order valence-corrected chi connectivity index (χ3v) is 5.52. The van der Waals surface area contributed by atoms with Gasteiger partial charge in [-0.3, -0.25) is 14.5 Å². The summed E-state index contributed by atoms with van der Waals surface area (Å²) in [6.07, 6.45) is 1.08. The molecule has 2 aliphatic rings. The Balaban J connectivity index is 1.47. The second kappa shape index (κ2) is 7.92. The lowest BCUT2D eigenvalue weighted by atomic mass is 9.96. The first-order valence-electron chi connectivity index (χ1n) is 9.64. The van der Waals surface area contributed by atoms with Crippen molar-refractivity contribution in [3.8, 4) is 0 Å². The van der Waals surface area contributed by atoms with Gasteiger partial charge in [-0.1, -0.05) is 60.7 Å². The minimum Gasteiger partial charge on any atom is -0.344 e. The summed E-state index contributed by atoms with van der Waals surface area (Å²) >= 11 is 0. The predicted molar refractivity (Wildman–Crippen MR) is 104 cm³/mol. The molecule has 2 saturated heterocycles. The standard InChI is InChI=1S/C22H25N3O2/c26-20-12-11-19(23-20)22(27)25-15-13-24(14-16-25)21(17-7-3-1-4-8-17)18-9-5-2-6-10-18/h1-10,19,21H,11-16H2,(H,23,26). The summed E-state index contributed by atoms with van der Waals surface area (Å²) < 4.78 is 0. The van der Waals surface area contributed by atoms with Crippen LogP contribution in [0.3, 0.4) is 0 Å². The Bertz CT molecular complexity index is 746. The maximum atomic E-state index is 12.7. The number of carbonyl (C=O) groups is 2. The van der Waals surface area contributed by atoms with Crippen LogP contribution in [-0.4, -0.2) is 53.8 Å². The van der Waals surface area contributed by atoms with Crippen molar-refractivity contribution in [2.24, 2.45) is 0 Å². The van der Waals surface area contributed by atoms with Crippen molar-refractivity contribution < 1.29 is 9.59 Å². The molecule has 4 rings (SSSR count). The first kappa shape index (κ1) is 17.7. The van der Waals surface area contributed by atoms with Crippen LogP contribution in [0.1, 0.15) is 30.0 Å². The van der Waals surface area contributed by atoms with Crippen molar-refractivity contribution in [3.05, 3.63) is 71.8 Å². The molecular formula is C22H25N3O2. The average molecular weight is 363 g/mol. The molecule has 0 aromatic heterocycles. The van der Waals surface area contributed by atoms with Crippen LogP contribution in [0.4, 0.5) is 0 Å². The Morgan fingerprint density at radius 3 is 1.93 bits per heavy atom. The maximum absolute atomic E-state index is 12.7. The molecule has 2 fully saturated rings. The summed E-state index contributed by atoms with van der Waals surface area (Å²) in [6, 6.07) is 20.9. The van der Waals surface area contributed by atoms with Gasteiger partial charge >= 0.3 is 0 Å². The van der Waals surface area contributed by atoms with E-state index in [2.05, 4.69) is 58.7 Å². The van der Waals surface area contributed by atoms with Crippen LogP contribution < -0.4 is 5.32 Å². The molecule has 0 radical (unpaired) electrons. The summed E-state index contributed by atoms with van der Waals surface area (Å²) in [7, 11) is 0. The largest absolute Gasteiger partial charge is 0.344 e. The molecule has 140 valence electrons. The van der Waals surface area contributed by atoms with E-state index in [9.17, 15) is 9.59 Å². The van der Waals surface area contributed by atoms with E-state index in [0.29, 0.717) is 25.9 Å². The highest BCUT2D eigenvalue weighted by Gasteiger charge is 2.33. The van der Waals surface area contributed by atoms with E-state index in [1.54, 1.807) is 0 Å². The molecule has 27 heavy (non-hydrogen) atoms. The normalized spacial score (nSPS) is 20.7. The minimum atomic E-state index is -0.330. The van der Waals surface area contributed by atoms with Gasteiger partial charge in [0.05, 0.1) is 6.04 Å². The Hall–Kier alpha value is -2.66. The fourth-order valence-electron chi connectivity index (χ4n) is 4.10. The van der Waals surface area contributed by atoms with Gasteiger partial charge in [0.2, 0.25) is 11.8 Å². The number of rotatable bonds is 4. The molecule has 1 atom stereocenters. The molecule has 2 amide bonds. The molecule has 1 N–H and O–H groups in total. The third-order valence-electron chi connectivity index (χ3n) is 5.52. The van der Waals surface area contributed by atoms with E-state index in [-0.39, 0.29) is 23.9 Å². The lowest BCUT2D eigenvalue weighted by molar-refractivity contribution is -0.136. The zero-order chi connectivity index (χ0) is 18.6. The Morgan fingerprint density at radius 2 is 1.44 bits per heavy atom. The van der Waals surface area contributed by atoms with Crippen LogP contribution in [0, 0.1) is 0 Å². The van der Waals surface area contributed by atoms with Crippen molar-refractivity contribution in [2.75, 3.05) is 26.2 Å². The monoisotopic (exact) mass is 363 g/mol. The number of nitrogens with zero attached hydrogens (tertiary/aromatic N) is 2. The van der Waals surface area contributed by atoms with Gasteiger partial charge in [-0.2, -0.15) is 0 Å². The smallest absolute Gasteiger partial charge is 0.245 e. The van der Waals surface area contributed by atoms with E-state index in [1.165, 1.54) is 11.1 Å². The fourth-order valence-corrected chi connectivity index (χ4v) is 4.10. The molecular weight excluding hydrogens is 338 g/mol. The van der Waals surface area contributed by atoms with Gasteiger partial charge in [-0.25, -0.2) is 0 Å². The van der Waals surface area contributed by atoms with E-state index in [1.807, 2.05) is 17.0 Å². The number of hydrogen-bond acceptors (Lipinski definition) is 3. The van der Waals surface area contributed by atoms with Crippen molar-refractivity contribution in [1.29, 1.82) is 0 Å². The molecule has 2 aliphatic heterocycles. The highest BCUT2D eigenvalue weighted by molar-refractivity contribution is 5.90. The Morgan fingerprint density at radius 1 is 0.889 bits per heavy atom. The quantitative estimate of drug-likeness (QED) is 0.906. The van der Waals surface area contributed by atoms with Crippen LogP contribution in [0.2, 0.25) is 0 Å². The number of nitrogens with one attached hydrogen (secondary N) is 1. The lowest BCUT2D eigenvalue weighted by Gasteiger charge is -2.40. The summed E-state index contributed by atoms with van der Waals surface area (Å²) in [4.78, 5) is 28.4. The SMILES string of the molecule is O=C1CCC(C(=O)N2CCN(C(c3ccccc3)c3ccccc3)CC2)N1. The molecule has 2 aromatic rings. The molecule has 0 spiro atoms. The van der Waals surface area contributed by atoms with Crippen molar-refractivity contribution in [3.63, 3.8) is 0 Å². The van der Waals surface area contributed by atoms with Gasteiger partial charge in [-0.05, 0) is 17.5 Å². The van der Waals surface area contributed by atoms with Crippen LogP contribution in [0.25, 0.3) is 0 Å². The molecule has 1 unspecified atom stereocenters. The summed E-state index contributed by atoms with van der Waals surface area (Å²) in [6.45, 7) is 3.03. The zero-order valence-electron chi connectivity index (χ0n) is 15.4. The lowest BCUT2D eigenvalue weighted by Crippen LogP contribution is -2.53. The number of hydrogen-bond donors (Lipinski definition) is 1. The molecule has 2 aromatic carbocycles. The zero-order valence-corrected chi connectivity index (χ0v) is 15.4. The van der Waals surface area contributed by atoms with E-state index >= 15 is 0 Å². The van der Waals surface area contributed by atoms with Gasteiger partial charge in [0.25, 0.3) is 0 Å². The highest BCUT2D eigenvalue weighted by atomic mass is 16.2. The van der Waals surface area contributed by atoms with Crippen molar-refractivity contribution >= 4 is 11.8 Å². The number of piperazine rings is 1. The number of amides is 2. The number of carbonyl (C=O) groups excluding carboxylic acids is 2. The van der Waals surface area contributed by atoms with Gasteiger partial charge in [0.1, 0.15) is 6.04 Å². The summed E-state index contributed by atoms with van der Waals surface area (Å²) in [5.74, 6) is 0.0525. The van der Waals surface area contributed by atoms with Crippen LogP contribution in [0.15, 0.2) is 60.7 Å². The molecule has 0 aliphatic carbocycles. The van der Waals surface area contributed by atoms with Gasteiger partial charge in [0, 0.05) is 32.6 Å². The van der Waals surface area contributed by atoms with Gasteiger partial charge in [0.15, 0.2) is 0 Å². The molecule has 0 saturated carbocycles. The minimum absolute atomic E-state index is 0.0137.